The van der Waals surface area contributed by atoms with Crippen LogP contribution in [0.25, 0.3) is 0 Å². The van der Waals surface area contributed by atoms with Gasteiger partial charge in [0, 0.05) is 6.42 Å². The number of carboxylic acids is 1. The number of hydrogen-bond donors (Lipinski definition) is 3. The van der Waals surface area contributed by atoms with Gasteiger partial charge in [0.05, 0.1) is 6.04 Å². The first-order chi connectivity index (χ1) is 8.04. The number of carbonyl (C=O) groups is 3. The van der Waals surface area contributed by atoms with Gasteiger partial charge < -0.3 is 5.11 Å². The molecule has 0 saturated carbocycles. The monoisotopic (exact) mass is 242 g/mol. The van der Waals surface area contributed by atoms with E-state index in [1.165, 1.54) is 0 Å². The Morgan fingerprint density at radius 3 is 2.82 bits per heavy atom. The molecule has 0 aromatic heterocycles. The molecule has 6 nitrogen and oxygen atoms in total. The fraction of sp³-hybridized carbons (Fsp3) is 0.727. The summed E-state index contributed by atoms with van der Waals surface area (Å²) in [7, 11) is 0. The first kappa shape index (κ1) is 13.6. The molecule has 1 aliphatic rings. The van der Waals surface area contributed by atoms with Crippen LogP contribution in [0.5, 0.6) is 0 Å². The summed E-state index contributed by atoms with van der Waals surface area (Å²) in [6.07, 6.45) is 2.80. The van der Waals surface area contributed by atoms with E-state index in [0.29, 0.717) is 12.8 Å². The highest BCUT2D eigenvalue weighted by Gasteiger charge is 2.30. The maximum Gasteiger partial charge on any atom is 0.320 e. The van der Waals surface area contributed by atoms with E-state index in [1.807, 2.05) is 6.92 Å². The lowest BCUT2D eigenvalue weighted by Gasteiger charge is -2.25. The standard InChI is InChI=1S/C11H18N2O4/c1-2-3-4-8(11(16)17)12-7-5-6-9(14)13-10(7)15/h7-8,12H,2-6H2,1H3,(H,16,17)(H,13,14,15). The van der Waals surface area contributed by atoms with Crippen molar-refractivity contribution in [3.05, 3.63) is 0 Å². The van der Waals surface area contributed by atoms with E-state index in [2.05, 4.69) is 10.6 Å². The van der Waals surface area contributed by atoms with Crippen molar-refractivity contribution in [3.63, 3.8) is 0 Å². The van der Waals surface area contributed by atoms with Crippen molar-refractivity contribution < 1.29 is 19.5 Å². The molecule has 6 heteroatoms. The van der Waals surface area contributed by atoms with Crippen LogP contribution in [-0.4, -0.2) is 35.0 Å². The quantitative estimate of drug-likeness (QED) is 0.571. The maximum atomic E-state index is 11.4. The van der Waals surface area contributed by atoms with Crippen molar-refractivity contribution in [2.75, 3.05) is 0 Å². The van der Waals surface area contributed by atoms with E-state index in [1.54, 1.807) is 0 Å². The molecule has 0 radical (unpaired) electrons. The van der Waals surface area contributed by atoms with E-state index < -0.39 is 24.0 Å². The molecule has 2 unspecified atom stereocenters. The van der Waals surface area contributed by atoms with E-state index in [0.717, 1.165) is 12.8 Å². The highest BCUT2D eigenvalue weighted by Crippen LogP contribution is 2.08. The number of carbonyl (C=O) groups excluding carboxylic acids is 2. The molecule has 0 spiro atoms. The lowest BCUT2D eigenvalue weighted by molar-refractivity contribution is -0.140. The highest BCUT2D eigenvalue weighted by atomic mass is 16.4. The third-order valence-corrected chi connectivity index (χ3v) is 2.79. The molecular formula is C11H18N2O4. The van der Waals surface area contributed by atoms with Gasteiger partial charge in [-0.15, -0.1) is 0 Å². The summed E-state index contributed by atoms with van der Waals surface area (Å²) in [5.74, 6) is -1.68. The zero-order chi connectivity index (χ0) is 12.8. The van der Waals surface area contributed by atoms with Crippen molar-refractivity contribution >= 4 is 17.8 Å². The minimum atomic E-state index is -0.955. The second-order valence-electron chi connectivity index (χ2n) is 4.20. The molecule has 1 aliphatic heterocycles. The molecule has 0 aromatic carbocycles. The zero-order valence-electron chi connectivity index (χ0n) is 9.86. The van der Waals surface area contributed by atoms with Crippen LogP contribution < -0.4 is 10.6 Å². The minimum absolute atomic E-state index is 0.253. The Kier molecular flexibility index (Phi) is 5.09. The van der Waals surface area contributed by atoms with Gasteiger partial charge in [-0.25, -0.2) is 0 Å². The number of aliphatic carboxylic acids is 1. The molecule has 3 N–H and O–H groups in total. The predicted octanol–water partition coefficient (Wildman–Crippen LogP) is 0.0246. The summed E-state index contributed by atoms with van der Waals surface area (Å²) in [4.78, 5) is 33.4. The maximum absolute atomic E-state index is 11.4. The van der Waals surface area contributed by atoms with Crippen LogP contribution in [0.1, 0.15) is 39.0 Å². The summed E-state index contributed by atoms with van der Waals surface area (Å²) in [6.45, 7) is 1.98. The number of unbranched alkanes of at least 4 members (excludes halogenated alkanes) is 1. The first-order valence-corrected chi connectivity index (χ1v) is 5.87. The number of imide groups is 1. The highest BCUT2D eigenvalue weighted by molar-refractivity contribution is 6.00. The topological polar surface area (TPSA) is 95.5 Å². The van der Waals surface area contributed by atoms with Crippen LogP contribution in [-0.2, 0) is 14.4 Å². The van der Waals surface area contributed by atoms with Gasteiger partial charge in [-0.05, 0) is 12.8 Å². The Morgan fingerprint density at radius 2 is 2.29 bits per heavy atom. The molecule has 1 saturated heterocycles. The smallest absolute Gasteiger partial charge is 0.320 e. The van der Waals surface area contributed by atoms with Crippen LogP contribution in [0, 0.1) is 0 Å². The Labute approximate surface area is 99.8 Å². The SMILES string of the molecule is CCCCC(NC1CCC(=O)NC1=O)C(=O)O. The van der Waals surface area contributed by atoms with Gasteiger partial charge in [0.25, 0.3) is 0 Å². The van der Waals surface area contributed by atoms with Crippen molar-refractivity contribution in [3.8, 4) is 0 Å². The fourth-order valence-corrected chi connectivity index (χ4v) is 1.78. The van der Waals surface area contributed by atoms with Crippen LogP contribution in [0.2, 0.25) is 0 Å². The summed E-state index contributed by atoms with van der Waals surface area (Å²) < 4.78 is 0. The molecule has 1 rings (SSSR count). The molecule has 0 aliphatic carbocycles. The summed E-state index contributed by atoms with van der Waals surface area (Å²) >= 11 is 0. The molecule has 1 fully saturated rings. The fourth-order valence-electron chi connectivity index (χ4n) is 1.78. The average Bonchev–Trinajstić information content (AvgIpc) is 2.26. The van der Waals surface area contributed by atoms with Crippen LogP contribution in [0.15, 0.2) is 0 Å². The summed E-state index contributed by atoms with van der Waals surface area (Å²) in [6, 6.07) is -1.30. The van der Waals surface area contributed by atoms with E-state index in [-0.39, 0.29) is 12.3 Å². The molecule has 0 aromatic rings. The number of amides is 2. The van der Waals surface area contributed by atoms with Gasteiger partial charge in [-0.2, -0.15) is 0 Å². The average molecular weight is 242 g/mol. The van der Waals surface area contributed by atoms with E-state index >= 15 is 0 Å². The largest absolute Gasteiger partial charge is 0.480 e. The number of hydrogen-bond acceptors (Lipinski definition) is 4. The number of carboxylic acid groups (broad SMARTS) is 1. The molecule has 17 heavy (non-hydrogen) atoms. The molecule has 1 heterocycles. The van der Waals surface area contributed by atoms with E-state index in [9.17, 15) is 14.4 Å². The Hall–Kier alpha value is -1.43. The minimum Gasteiger partial charge on any atom is -0.480 e. The van der Waals surface area contributed by atoms with Gasteiger partial charge in [-0.3, -0.25) is 25.0 Å². The number of nitrogens with one attached hydrogen (secondary N) is 2. The third-order valence-electron chi connectivity index (χ3n) is 2.79. The number of piperidine rings is 1. The molecule has 0 bridgehead atoms. The Morgan fingerprint density at radius 1 is 1.59 bits per heavy atom. The Balaban J connectivity index is 2.51. The summed E-state index contributed by atoms with van der Waals surface area (Å²) in [5, 5.41) is 14.0. The van der Waals surface area contributed by atoms with Gasteiger partial charge >= 0.3 is 5.97 Å². The van der Waals surface area contributed by atoms with Crippen molar-refractivity contribution in [1.82, 2.24) is 10.6 Å². The van der Waals surface area contributed by atoms with E-state index in [4.69, 9.17) is 5.11 Å². The van der Waals surface area contributed by atoms with Gasteiger partial charge in [0.15, 0.2) is 0 Å². The van der Waals surface area contributed by atoms with Crippen LogP contribution in [0.3, 0.4) is 0 Å². The van der Waals surface area contributed by atoms with Crippen LogP contribution >= 0.6 is 0 Å². The molecule has 96 valence electrons. The van der Waals surface area contributed by atoms with Crippen molar-refractivity contribution in [2.45, 2.75) is 51.1 Å². The molecule has 2 atom stereocenters. The first-order valence-electron chi connectivity index (χ1n) is 5.87. The third kappa shape index (κ3) is 4.14. The molecular weight excluding hydrogens is 224 g/mol. The van der Waals surface area contributed by atoms with Crippen molar-refractivity contribution in [1.29, 1.82) is 0 Å². The Bertz CT molecular complexity index is 317. The van der Waals surface area contributed by atoms with Crippen LogP contribution in [0.4, 0.5) is 0 Å². The van der Waals surface area contributed by atoms with Gasteiger partial charge in [-0.1, -0.05) is 19.8 Å². The normalized spacial score (nSPS) is 22.1. The summed E-state index contributed by atoms with van der Waals surface area (Å²) in [5.41, 5.74) is 0. The lowest BCUT2D eigenvalue weighted by atomic mass is 10.0. The van der Waals surface area contributed by atoms with Gasteiger partial charge in [0.1, 0.15) is 6.04 Å². The predicted molar refractivity (Wildman–Crippen MR) is 60.3 cm³/mol. The second-order valence-corrected chi connectivity index (χ2v) is 4.20. The lowest BCUT2D eigenvalue weighted by Crippen LogP contribution is -2.55. The number of rotatable bonds is 6. The van der Waals surface area contributed by atoms with Gasteiger partial charge in [0.2, 0.25) is 11.8 Å². The van der Waals surface area contributed by atoms with Crippen molar-refractivity contribution in [2.24, 2.45) is 0 Å². The zero-order valence-corrected chi connectivity index (χ0v) is 9.86. The second kappa shape index (κ2) is 6.34. The molecule has 2 amide bonds.